The van der Waals surface area contributed by atoms with Crippen molar-refractivity contribution in [3.8, 4) is 11.5 Å². The standard InChI is InChI=1S/C34H35Cl2N3O5S/c1-4-20-37-34(41)25(3)38(22-26-12-19-31(35)32(36)21-26)33(40)23-39(45(42,43)30-17-10-24(2)11-18-30)27-13-15-29(16-14-27)44-28-8-6-5-7-9-28/h5-19,21,25H,4,20,22-23H2,1-3H3,(H,37,41). The highest BCUT2D eigenvalue weighted by molar-refractivity contribution is 7.92. The van der Waals surface area contributed by atoms with Gasteiger partial charge in [0.15, 0.2) is 0 Å². The molecule has 0 saturated carbocycles. The number of aryl methyl sites for hydroxylation is 1. The Hall–Kier alpha value is -4.05. The summed E-state index contributed by atoms with van der Waals surface area (Å²) in [5, 5.41) is 3.47. The molecule has 1 atom stereocenters. The maximum absolute atomic E-state index is 14.1. The second-order valence-electron chi connectivity index (χ2n) is 10.5. The van der Waals surface area contributed by atoms with E-state index < -0.39 is 28.5 Å². The number of carbonyl (C=O) groups excluding carboxylic acids is 2. The van der Waals surface area contributed by atoms with Crippen LogP contribution in [-0.4, -0.2) is 44.3 Å². The molecule has 0 heterocycles. The molecular weight excluding hydrogens is 633 g/mol. The lowest BCUT2D eigenvalue weighted by Crippen LogP contribution is -2.51. The zero-order valence-corrected chi connectivity index (χ0v) is 27.6. The summed E-state index contributed by atoms with van der Waals surface area (Å²) < 4.78 is 35.1. The second kappa shape index (κ2) is 15.3. The van der Waals surface area contributed by atoms with Crippen LogP contribution >= 0.6 is 23.2 Å². The largest absolute Gasteiger partial charge is 0.457 e. The normalized spacial score (nSPS) is 11.8. The molecule has 0 aliphatic rings. The summed E-state index contributed by atoms with van der Waals surface area (Å²) in [6.07, 6.45) is 0.714. The minimum absolute atomic E-state index is 0.00128. The molecule has 2 amide bonds. The van der Waals surface area contributed by atoms with Crippen LogP contribution in [0.5, 0.6) is 11.5 Å². The highest BCUT2D eigenvalue weighted by Crippen LogP contribution is 2.29. The highest BCUT2D eigenvalue weighted by atomic mass is 35.5. The van der Waals surface area contributed by atoms with Crippen LogP contribution in [0.4, 0.5) is 5.69 Å². The van der Waals surface area contributed by atoms with E-state index in [1.807, 2.05) is 32.0 Å². The Balaban J connectivity index is 1.70. The van der Waals surface area contributed by atoms with Crippen molar-refractivity contribution in [1.82, 2.24) is 10.2 Å². The number of anilines is 1. The van der Waals surface area contributed by atoms with Gasteiger partial charge in [-0.15, -0.1) is 0 Å². The van der Waals surface area contributed by atoms with Crippen molar-refractivity contribution in [3.05, 3.63) is 118 Å². The Morgan fingerprint density at radius 3 is 2.13 bits per heavy atom. The summed E-state index contributed by atoms with van der Waals surface area (Å²) >= 11 is 12.3. The molecule has 236 valence electrons. The van der Waals surface area contributed by atoms with E-state index in [1.54, 1.807) is 73.7 Å². The molecule has 0 radical (unpaired) electrons. The summed E-state index contributed by atoms with van der Waals surface area (Å²) in [5.41, 5.74) is 1.77. The van der Waals surface area contributed by atoms with Gasteiger partial charge in [0, 0.05) is 13.1 Å². The SMILES string of the molecule is CCCNC(=O)C(C)N(Cc1ccc(Cl)c(Cl)c1)C(=O)CN(c1ccc(Oc2ccccc2)cc1)S(=O)(=O)c1ccc(C)cc1. The van der Waals surface area contributed by atoms with E-state index in [0.717, 1.165) is 9.87 Å². The Kier molecular flexibility index (Phi) is 11.5. The van der Waals surface area contributed by atoms with Gasteiger partial charge in [-0.2, -0.15) is 0 Å². The van der Waals surface area contributed by atoms with Crippen LogP contribution in [0, 0.1) is 6.92 Å². The minimum atomic E-state index is -4.21. The number of nitrogens with zero attached hydrogens (tertiary/aromatic N) is 2. The number of halogens is 2. The predicted octanol–water partition coefficient (Wildman–Crippen LogP) is 7.23. The third-order valence-corrected chi connectivity index (χ3v) is 9.57. The number of nitrogens with one attached hydrogen (secondary N) is 1. The van der Waals surface area contributed by atoms with Crippen molar-refractivity contribution < 1.29 is 22.7 Å². The summed E-state index contributed by atoms with van der Waals surface area (Å²) in [4.78, 5) is 28.5. The molecule has 1 unspecified atom stereocenters. The molecule has 0 aliphatic carbocycles. The van der Waals surface area contributed by atoms with Crippen LogP contribution in [-0.2, 0) is 26.2 Å². The molecule has 45 heavy (non-hydrogen) atoms. The van der Waals surface area contributed by atoms with Crippen molar-refractivity contribution in [3.63, 3.8) is 0 Å². The minimum Gasteiger partial charge on any atom is -0.457 e. The smallest absolute Gasteiger partial charge is 0.264 e. The molecule has 4 rings (SSSR count). The van der Waals surface area contributed by atoms with E-state index in [1.165, 1.54) is 17.0 Å². The average Bonchev–Trinajstić information content (AvgIpc) is 3.03. The van der Waals surface area contributed by atoms with Gasteiger partial charge < -0.3 is 15.0 Å². The molecule has 0 spiro atoms. The zero-order chi connectivity index (χ0) is 32.6. The molecule has 4 aromatic carbocycles. The summed E-state index contributed by atoms with van der Waals surface area (Å²) in [6, 6.07) is 26.0. The van der Waals surface area contributed by atoms with Crippen molar-refractivity contribution in [1.29, 1.82) is 0 Å². The van der Waals surface area contributed by atoms with E-state index in [-0.39, 0.29) is 23.0 Å². The highest BCUT2D eigenvalue weighted by Gasteiger charge is 2.32. The van der Waals surface area contributed by atoms with E-state index in [2.05, 4.69) is 5.32 Å². The van der Waals surface area contributed by atoms with E-state index in [9.17, 15) is 18.0 Å². The molecule has 0 bridgehead atoms. The summed E-state index contributed by atoms with van der Waals surface area (Å²) in [5.74, 6) is 0.172. The first-order valence-corrected chi connectivity index (χ1v) is 16.6. The van der Waals surface area contributed by atoms with E-state index in [0.29, 0.717) is 40.1 Å². The first-order valence-electron chi connectivity index (χ1n) is 14.4. The van der Waals surface area contributed by atoms with Crippen LogP contribution in [0.3, 0.4) is 0 Å². The van der Waals surface area contributed by atoms with Crippen LogP contribution in [0.15, 0.2) is 102 Å². The Bertz CT molecular complexity index is 1720. The number of benzene rings is 4. The van der Waals surface area contributed by atoms with Gasteiger partial charge in [0.05, 0.1) is 20.6 Å². The quantitative estimate of drug-likeness (QED) is 0.162. The summed E-state index contributed by atoms with van der Waals surface area (Å²) in [6.45, 7) is 5.25. The number of amides is 2. The molecular formula is C34H35Cl2N3O5S. The Morgan fingerprint density at radius 1 is 0.867 bits per heavy atom. The fraction of sp³-hybridized carbons (Fsp3) is 0.235. The van der Waals surface area contributed by atoms with Gasteiger partial charge in [0.25, 0.3) is 10.0 Å². The fourth-order valence-corrected chi connectivity index (χ4v) is 6.22. The molecule has 0 fully saturated rings. The Morgan fingerprint density at radius 2 is 1.51 bits per heavy atom. The molecule has 11 heteroatoms. The lowest BCUT2D eigenvalue weighted by molar-refractivity contribution is -0.139. The van der Waals surface area contributed by atoms with Crippen molar-refractivity contribution >= 4 is 50.7 Å². The lowest BCUT2D eigenvalue weighted by atomic mass is 10.1. The van der Waals surface area contributed by atoms with Gasteiger partial charge in [0.1, 0.15) is 24.1 Å². The maximum atomic E-state index is 14.1. The van der Waals surface area contributed by atoms with Crippen LogP contribution in [0.25, 0.3) is 0 Å². The van der Waals surface area contributed by atoms with Crippen molar-refractivity contribution in [2.24, 2.45) is 0 Å². The second-order valence-corrected chi connectivity index (χ2v) is 13.1. The van der Waals surface area contributed by atoms with Crippen LogP contribution in [0.2, 0.25) is 10.0 Å². The topological polar surface area (TPSA) is 96.0 Å². The van der Waals surface area contributed by atoms with E-state index >= 15 is 0 Å². The Labute approximate surface area is 274 Å². The average molecular weight is 669 g/mol. The number of hydrogen-bond acceptors (Lipinski definition) is 5. The fourth-order valence-electron chi connectivity index (χ4n) is 4.48. The number of rotatable bonds is 13. The van der Waals surface area contributed by atoms with Crippen molar-refractivity contribution in [2.75, 3.05) is 17.4 Å². The number of sulfonamides is 1. The molecule has 1 N–H and O–H groups in total. The van der Waals surface area contributed by atoms with Gasteiger partial charge in [-0.1, -0.05) is 72.1 Å². The first kappa shape index (κ1) is 33.8. The van der Waals surface area contributed by atoms with Crippen molar-refractivity contribution in [2.45, 2.75) is 44.7 Å². The van der Waals surface area contributed by atoms with E-state index in [4.69, 9.17) is 27.9 Å². The third-order valence-electron chi connectivity index (χ3n) is 7.04. The number of hydrogen-bond donors (Lipinski definition) is 1. The number of para-hydroxylation sites is 1. The molecule has 8 nitrogen and oxygen atoms in total. The maximum Gasteiger partial charge on any atom is 0.264 e. The monoisotopic (exact) mass is 667 g/mol. The zero-order valence-electron chi connectivity index (χ0n) is 25.2. The van der Waals surface area contributed by atoms with Crippen LogP contribution < -0.4 is 14.4 Å². The van der Waals surface area contributed by atoms with Gasteiger partial charge in [-0.05, 0) is 86.5 Å². The van der Waals surface area contributed by atoms with Gasteiger partial charge in [-0.25, -0.2) is 8.42 Å². The third kappa shape index (κ3) is 8.78. The number of carbonyl (C=O) groups is 2. The first-order chi connectivity index (χ1) is 21.5. The van der Waals surface area contributed by atoms with Gasteiger partial charge in [-0.3, -0.25) is 13.9 Å². The number of ether oxygens (including phenoxy) is 1. The molecule has 0 saturated heterocycles. The molecule has 0 aromatic heterocycles. The summed E-state index contributed by atoms with van der Waals surface area (Å²) in [7, 11) is -4.21. The molecule has 0 aliphatic heterocycles. The lowest BCUT2D eigenvalue weighted by Gasteiger charge is -2.32. The van der Waals surface area contributed by atoms with Gasteiger partial charge >= 0.3 is 0 Å². The predicted molar refractivity (Wildman–Crippen MR) is 178 cm³/mol. The molecule has 4 aromatic rings. The van der Waals surface area contributed by atoms with Crippen LogP contribution in [0.1, 0.15) is 31.4 Å². The van der Waals surface area contributed by atoms with Gasteiger partial charge in [0.2, 0.25) is 11.8 Å².